The zero-order valence-electron chi connectivity index (χ0n) is 8.85. The van der Waals surface area contributed by atoms with E-state index in [1.54, 1.807) is 0 Å². The molecule has 0 radical (unpaired) electrons. The van der Waals surface area contributed by atoms with Crippen LogP contribution in [0.15, 0.2) is 0 Å². The normalized spacial score (nSPS) is 28.3. The summed E-state index contributed by atoms with van der Waals surface area (Å²) in [6.45, 7) is 4.99. The van der Waals surface area contributed by atoms with Gasteiger partial charge >= 0.3 is 0 Å². The molecule has 1 aliphatic rings. The molecule has 0 aromatic carbocycles. The molecule has 2 atom stereocenters. The monoisotopic (exact) mass is 239 g/mol. The Morgan fingerprint density at radius 2 is 2.00 bits per heavy atom. The molecule has 0 aromatic rings. The van der Waals surface area contributed by atoms with Crippen LogP contribution in [0.1, 0.15) is 26.7 Å². The van der Waals surface area contributed by atoms with E-state index in [0.717, 1.165) is 19.4 Å². The Morgan fingerprint density at radius 1 is 1.36 bits per heavy atom. The summed E-state index contributed by atoms with van der Waals surface area (Å²) in [4.78, 5) is 0. The first kappa shape index (κ1) is 12.6. The number of rotatable bonds is 5. The van der Waals surface area contributed by atoms with Gasteiger partial charge in [0.05, 0.1) is 12.2 Å². The first-order valence-electron chi connectivity index (χ1n) is 5.12. The maximum atomic E-state index is 5.84. The predicted molar refractivity (Wildman–Crippen MR) is 61.4 cm³/mol. The summed E-state index contributed by atoms with van der Waals surface area (Å²) in [6.07, 6.45) is 3.02. The summed E-state index contributed by atoms with van der Waals surface area (Å²) in [6, 6.07) is 0. The third-order valence-electron chi connectivity index (χ3n) is 2.67. The number of nitrogens with one attached hydrogen (secondary N) is 1. The highest BCUT2D eigenvalue weighted by atomic mass is 35.5. The van der Waals surface area contributed by atoms with Crippen molar-refractivity contribution in [2.45, 2.75) is 44.4 Å². The van der Waals surface area contributed by atoms with Gasteiger partial charge in [0.1, 0.15) is 0 Å². The van der Waals surface area contributed by atoms with Gasteiger partial charge in [-0.05, 0) is 26.7 Å². The van der Waals surface area contributed by atoms with Crippen LogP contribution in [0.25, 0.3) is 0 Å². The molecule has 1 aliphatic heterocycles. The molecule has 0 bridgehead atoms. The Hall–Kier alpha value is 0.500. The van der Waals surface area contributed by atoms with E-state index in [4.69, 9.17) is 27.9 Å². The highest BCUT2D eigenvalue weighted by Gasteiger charge is 2.26. The molecule has 0 amide bonds. The largest absolute Gasteiger partial charge is 0.374 e. The molecular formula is C10H19Cl2NO. The predicted octanol–water partition coefficient (Wildman–Crippen LogP) is 2.38. The summed E-state index contributed by atoms with van der Waals surface area (Å²) in [5.74, 6) is 1.05. The maximum absolute atomic E-state index is 5.84. The first-order valence-corrected chi connectivity index (χ1v) is 6.19. The van der Waals surface area contributed by atoms with Crippen LogP contribution in [0.4, 0.5) is 0 Å². The Kier molecular flexibility index (Phi) is 4.98. The van der Waals surface area contributed by atoms with Crippen molar-refractivity contribution in [3.05, 3.63) is 0 Å². The van der Waals surface area contributed by atoms with Gasteiger partial charge in [-0.2, -0.15) is 0 Å². The summed E-state index contributed by atoms with van der Waals surface area (Å²) < 4.78 is 5.70. The number of hydrogen-bond donors (Lipinski definition) is 1. The van der Waals surface area contributed by atoms with E-state index in [1.807, 2.05) is 6.92 Å². The zero-order valence-corrected chi connectivity index (χ0v) is 10.4. The summed E-state index contributed by atoms with van der Waals surface area (Å²) in [5.41, 5.74) is -0.168. The molecule has 1 fully saturated rings. The SMILES string of the molecule is CC1CCC(CNC(C)(CCl)CCl)O1. The van der Waals surface area contributed by atoms with Gasteiger partial charge in [0, 0.05) is 23.8 Å². The molecule has 1 saturated heterocycles. The Morgan fingerprint density at radius 3 is 2.43 bits per heavy atom. The fourth-order valence-corrected chi connectivity index (χ4v) is 2.00. The first-order chi connectivity index (χ1) is 6.59. The average molecular weight is 240 g/mol. The van der Waals surface area contributed by atoms with Gasteiger partial charge in [0.15, 0.2) is 0 Å². The van der Waals surface area contributed by atoms with Crippen LogP contribution in [-0.2, 0) is 4.74 Å². The van der Waals surface area contributed by atoms with Crippen LogP contribution in [0.5, 0.6) is 0 Å². The smallest absolute Gasteiger partial charge is 0.0704 e. The minimum absolute atomic E-state index is 0.168. The second-order valence-corrected chi connectivity index (χ2v) is 4.89. The molecule has 84 valence electrons. The van der Waals surface area contributed by atoms with E-state index in [-0.39, 0.29) is 5.54 Å². The van der Waals surface area contributed by atoms with Crippen LogP contribution in [0.2, 0.25) is 0 Å². The van der Waals surface area contributed by atoms with E-state index < -0.39 is 0 Å². The molecule has 1 N–H and O–H groups in total. The van der Waals surface area contributed by atoms with E-state index in [9.17, 15) is 0 Å². The molecule has 14 heavy (non-hydrogen) atoms. The molecule has 2 unspecified atom stereocenters. The highest BCUT2D eigenvalue weighted by molar-refractivity contribution is 6.22. The molecule has 0 aliphatic carbocycles. The fraction of sp³-hybridized carbons (Fsp3) is 1.00. The Labute approximate surface area is 96.3 Å². The van der Waals surface area contributed by atoms with Crippen LogP contribution >= 0.6 is 23.2 Å². The molecule has 0 saturated carbocycles. The average Bonchev–Trinajstić information content (AvgIpc) is 2.61. The Bertz CT molecular complexity index is 174. The third kappa shape index (κ3) is 3.58. The number of alkyl halides is 2. The maximum Gasteiger partial charge on any atom is 0.0704 e. The summed E-state index contributed by atoms with van der Waals surface area (Å²) >= 11 is 11.7. The number of hydrogen-bond acceptors (Lipinski definition) is 2. The van der Waals surface area contributed by atoms with Crippen LogP contribution in [0.3, 0.4) is 0 Å². The van der Waals surface area contributed by atoms with Crippen molar-refractivity contribution in [3.8, 4) is 0 Å². The van der Waals surface area contributed by atoms with Crippen molar-refractivity contribution in [2.24, 2.45) is 0 Å². The summed E-state index contributed by atoms with van der Waals surface area (Å²) in [5, 5.41) is 3.37. The molecule has 1 heterocycles. The molecule has 1 rings (SSSR count). The van der Waals surface area contributed by atoms with Crippen molar-refractivity contribution >= 4 is 23.2 Å². The topological polar surface area (TPSA) is 21.3 Å². The van der Waals surface area contributed by atoms with Crippen LogP contribution < -0.4 is 5.32 Å². The van der Waals surface area contributed by atoms with E-state index in [0.29, 0.717) is 24.0 Å². The number of halogens is 2. The third-order valence-corrected chi connectivity index (χ3v) is 3.85. The molecular weight excluding hydrogens is 221 g/mol. The van der Waals surface area contributed by atoms with Gasteiger partial charge in [-0.15, -0.1) is 23.2 Å². The summed E-state index contributed by atoms with van der Waals surface area (Å²) in [7, 11) is 0. The molecule has 0 aromatic heterocycles. The fourth-order valence-electron chi connectivity index (χ4n) is 1.53. The van der Waals surface area contributed by atoms with Crippen molar-refractivity contribution in [1.29, 1.82) is 0 Å². The van der Waals surface area contributed by atoms with Crippen molar-refractivity contribution in [1.82, 2.24) is 5.32 Å². The van der Waals surface area contributed by atoms with E-state index in [1.165, 1.54) is 0 Å². The van der Waals surface area contributed by atoms with Gasteiger partial charge in [0.25, 0.3) is 0 Å². The molecule has 4 heteroatoms. The lowest BCUT2D eigenvalue weighted by molar-refractivity contribution is 0.0526. The lowest BCUT2D eigenvalue weighted by Crippen LogP contribution is -2.48. The Balaban J connectivity index is 2.25. The van der Waals surface area contributed by atoms with Crippen molar-refractivity contribution in [2.75, 3.05) is 18.3 Å². The highest BCUT2D eigenvalue weighted by Crippen LogP contribution is 2.19. The second-order valence-electron chi connectivity index (χ2n) is 4.35. The number of ether oxygens (including phenoxy) is 1. The zero-order chi connectivity index (χ0) is 10.6. The molecule has 0 spiro atoms. The molecule has 2 nitrogen and oxygen atoms in total. The quantitative estimate of drug-likeness (QED) is 0.745. The van der Waals surface area contributed by atoms with Crippen LogP contribution in [0, 0.1) is 0 Å². The standard InChI is InChI=1S/C10H19Cl2NO/c1-8-3-4-9(14-8)5-13-10(2,6-11)7-12/h8-9,13H,3-7H2,1-2H3. The van der Waals surface area contributed by atoms with Gasteiger partial charge < -0.3 is 10.1 Å². The van der Waals surface area contributed by atoms with Gasteiger partial charge in [-0.1, -0.05) is 0 Å². The van der Waals surface area contributed by atoms with Crippen molar-refractivity contribution < 1.29 is 4.74 Å². The van der Waals surface area contributed by atoms with Crippen molar-refractivity contribution in [3.63, 3.8) is 0 Å². The van der Waals surface area contributed by atoms with Gasteiger partial charge in [-0.25, -0.2) is 0 Å². The van der Waals surface area contributed by atoms with Gasteiger partial charge in [0.2, 0.25) is 0 Å². The minimum Gasteiger partial charge on any atom is -0.374 e. The lowest BCUT2D eigenvalue weighted by atomic mass is 10.1. The van der Waals surface area contributed by atoms with E-state index >= 15 is 0 Å². The van der Waals surface area contributed by atoms with Crippen LogP contribution in [-0.4, -0.2) is 36.1 Å². The second kappa shape index (κ2) is 5.55. The lowest BCUT2D eigenvalue weighted by Gasteiger charge is -2.27. The van der Waals surface area contributed by atoms with Gasteiger partial charge in [-0.3, -0.25) is 0 Å². The minimum atomic E-state index is -0.168. The van der Waals surface area contributed by atoms with E-state index in [2.05, 4.69) is 12.2 Å².